The number of alkyl halides is 3. The van der Waals surface area contributed by atoms with Crippen molar-refractivity contribution in [2.24, 2.45) is 0 Å². The first-order valence-corrected chi connectivity index (χ1v) is 5.50. The molecule has 0 saturated heterocycles. The first kappa shape index (κ1) is 11.5. The van der Waals surface area contributed by atoms with E-state index in [1.165, 1.54) is 4.52 Å². The van der Waals surface area contributed by atoms with Crippen LogP contribution in [0.4, 0.5) is 13.2 Å². The fourth-order valence-electron chi connectivity index (χ4n) is 2.27. The van der Waals surface area contributed by atoms with Crippen molar-refractivity contribution in [3.8, 4) is 0 Å². The molecular weight excluding hydrogens is 245 g/mol. The molecule has 0 atom stereocenters. The highest BCUT2D eigenvalue weighted by atomic mass is 19.4. The zero-order valence-corrected chi connectivity index (χ0v) is 9.91. The number of nitrogens with zero attached hydrogens (tertiary/aromatic N) is 4. The smallest absolute Gasteiger partial charge is 0.296 e. The molecule has 0 unspecified atom stereocenters. The van der Waals surface area contributed by atoms with Gasteiger partial charge >= 0.3 is 6.18 Å². The molecule has 3 heterocycles. The SMILES string of the molecule is Cc1cc(C(F)(F)F)nc2c3c(nn12)CN(C)C3. The monoisotopic (exact) mass is 256 g/mol. The van der Waals surface area contributed by atoms with Crippen LogP contribution in [-0.2, 0) is 19.3 Å². The topological polar surface area (TPSA) is 33.4 Å². The summed E-state index contributed by atoms with van der Waals surface area (Å²) in [6.07, 6.45) is -4.42. The van der Waals surface area contributed by atoms with Crippen LogP contribution in [0.2, 0.25) is 0 Å². The highest BCUT2D eigenvalue weighted by Gasteiger charge is 2.34. The van der Waals surface area contributed by atoms with Gasteiger partial charge in [0.1, 0.15) is 5.69 Å². The second kappa shape index (κ2) is 3.44. The van der Waals surface area contributed by atoms with Crippen molar-refractivity contribution >= 4 is 5.65 Å². The lowest BCUT2D eigenvalue weighted by atomic mass is 10.2. The summed E-state index contributed by atoms with van der Waals surface area (Å²) in [6, 6.07) is 1.03. The van der Waals surface area contributed by atoms with Gasteiger partial charge in [0.05, 0.1) is 5.69 Å². The van der Waals surface area contributed by atoms with Crippen molar-refractivity contribution in [3.63, 3.8) is 0 Å². The minimum atomic E-state index is -4.42. The van der Waals surface area contributed by atoms with Crippen LogP contribution in [0.3, 0.4) is 0 Å². The molecule has 96 valence electrons. The predicted octanol–water partition coefficient (Wildman–Crippen LogP) is 2.00. The van der Waals surface area contributed by atoms with Crippen molar-refractivity contribution in [2.75, 3.05) is 7.05 Å². The Bertz CT molecular complexity index is 629. The third kappa shape index (κ3) is 1.58. The average molecular weight is 256 g/mol. The van der Waals surface area contributed by atoms with Gasteiger partial charge in [-0.3, -0.25) is 4.90 Å². The Morgan fingerprint density at radius 1 is 1.28 bits per heavy atom. The molecule has 4 nitrogen and oxygen atoms in total. The summed E-state index contributed by atoms with van der Waals surface area (Å²) in [5.74, 6) is 0. The zero-order chi connectivity index (χ0) is 13.1. The molecule has 0 N–H and O–H groups in total. The third-order valence-electron chi connectivity index (χ3n) is 3.08. The van der Waals surface area contributed by atoms with Crippen LogP contribution in [0.1, 0.15) is 22.6 Å². The minimum Gasteiger partial charge on any atom is -0.296 e. The van der Waals surface area contributed by atoms with Crippen LogP contribution in [0.25, 0.3) is 5.65 Å². The molecule has 0 fully saturated rings. The summed E-state index contributed by atoms with van der Waals surface area (Å²) in [6.45, 7) is 2.85. The summed E-state index contributed by atoms with van der Waals surface area (Å²) in [5.41, 5.74) is 1.52. The molecule has 0 saturated carbocycles. The third-order valence-corrected chi connectivity index (χ3v) is 3.08. The predicted molar refractivity (Wildman–Crippen MR) is 57.9 cm³/mol. The van der Waals surface area contributed by atoms with Gasteiger partial charge in [-0.2, -0.15) is 18.3 Å². The van der Waals surface area contributed by atoms with E-state index in [1.807, 2.05) is 11.9 Å². The van der Waals surface area contributed by atoms with Crippen molar-refractivity contribution in [3.05, 3.63) is 28.7 Å². The number of halogens is 3. The molecular formula is C11H11F3N4. The van der Waals surface area contributed by atoms with Crippen LogP contribution in [0, 0.1) is 6.92 Å². The van der Waals surface area contributed by atoms with Gasteiger partial charge in [-0.05, 0) is 20.0 Å². The van der Waals surface area contributed by atoms with Gasteiger partial charge in [-0.25, -0.2) is 9.50 Å². The molecule has 0 spiro atoms. The van der Waals surface area contributed by atoms with Crippen molar-refractivity contribution in [1.29, 1.82) is 0 Å². The normalized spacial score (nSPS) is 16.5. The van der Waals surface area contributed by atoms with E-state index in [0.717, 1.165) is 17.3 Å². The van der Waals surface area contributed by atoms with Crippen molar-refractivity contribution in [1.82, 2.24) is 19.5 Å². The molecule has 0 bridgehead atoms. The van der Waals surface area contributed by atoms with E-state index in [-0.39, 0.29) is 0 Å². The molecule has 18 heavy (non-hydrogen) atoms. The molecule has 1 aliphatic rings. The molecule has 1 aliphatic heterocycles. The Labute approximate surface area is 101 Å². The zero-order valence-electron chi connectivity index (χ0n) is 9.91. The summed E-state index contributed by atoms with van der Waals surface area (Å²) in [5, 5.41) is 4.31. The maximum atomic E-state index is 12.7. The van der Waals surface area contributed by atoms with Gasteiger partial charge in [0.15, 0.2) is 5.65 Å². The molecule has 0 aromatic carbocycles. The number of fused-ring (bicyclic) bond motifs is 3. The van der Waals surface area contributed by atoms with Crippen LogP contribution < -0.4 is 0 Å². The van der Waals surface area contributed by atoms with E-state index < -0.39 is 11.9 Å². The van der Waals surface area contributed by atoms with Gasteiger partial charge in [0, 0.05) is 24.3 Å². The molecule has 0 aliphatic carbocycles. The fourth-order valence-corrected chi connectivity index (χ4v) is 2.27. The average Bonchev–Trinajstić information content (AvgIpc) is 2.73. The molecule has 0 amide bonds. The molecule has 3 rings (SSSR count). The van der Waals surface area contributed by atoms with Gasteiger partial charge in [-0.1, -0.05) is 0 Å². The molecule has 2 aromatic heterocycles. The number of hydrogen-bond donors (Lipinski definition) is 0. The molecule has 7 heteroatoms. The van der Waals surface area contributed by atoms with Crippen LogP contribution in [-0.4, -0.2) is 26.5 Å². The maximum absolute atomic E-state index is 12.7. The maximum Gasteiger partial charge on any atom is 0.433 e. The first-order chi connectivity index (χ1) is 8.36. The van der Waals surface area contributed by atoms with E-state index in [4.69, 9.17) is 0 Å². The summed E-state index contributed by atoms with van der Waals surface area (Å²) >= 11 is 0. The van der Waals surface area contributed by atoms with Gasteiger partial charge in [0.2, 0.25) is 0 Å². The van der Waals surface area contributed by atoms with Gasteiger partial charge < -0.3 is 0 Å². The quantitative estimate of drug-likeness (QED) is 0.723. The van der Waals surface area contributed by atoms with E-state index >= 15 is 0 Å². The van der Waals surface area contributed by atoms with Crippen molar-refractivity contribution in [2.45, 2.75) is 26.2 Å². The van der Waals surface area contributed by atoms with E-state index in [0.29, 0.717) is 24.4 Å². The largest absolute Gasteiger partial charge is 0.433 e. The Hall–Kier alpha value is -1.63. The number of rotatable bonds is 0. The van der Waals surface area contributed by atoms with Crippen LogP contribution >= 0.6 is 0 Å². The fraction of sp³-hybridized carbons (Fsp3) is 0.455. The summed E-state index contributed by atoms with van der Waals surface area (Å²) < 4.78 is 39.7. The number of aromatic nitrogens is 3. The lowest BCUT2D eigenvalue weighted by molar-refractivity contribution is -0.141. The molecule has 0 radical (unpaired) electrons. The minimum absolute atomic E-state index is 0.321. The lowest BCUT2D eigenvalue weighted by Gasteiger charge is -2.10. The number of hydrogen-bond acceptors (Lipinski definition) is 3. The first-order valence-electron chi connectivity index (χ1n) is 5.50. The van der Waals surface area contributed by atoms with Gasteiger partial charge in [-0.15, -0.1) is 0 Å². The number of aryl methyl sites for hydroxylation is 1. The van der Waals surface area contributed by atoms with E-state index in [2.05, 4.69) is 10.1 Å². The van der Waals surface area contributed by atoms with Crippen LogP contribution in [0.15, 0.2) is 6.07 Å². The van der Waals surface area contributed by atoms with Crippen LogP contribution in [0.5, 0.6) is 0 Å². The Balaban J connectivity index is 2.26. The second-order valence-corrected chi connectivity index (χ2v) is 4.61. The standard InChI is InChI=1S/C11H11F3N4/c1-6-3-9(11(12,13)14)15-10-7-4-17(2)5-8(7)16-18(6)10/h3H,4-5H2,1-2H3. The van der Waals surface area contributed by atoms with E-state index in [9.17, 15) is 13.2 Å². The molecule has 2 aromatic rings. The Morgan fingerprint density at radius 2 is 2.00 bits per heavy atom. The van der Waals surface area contributed by atoms with E-state index in [1.54, 1.807) is 6.92 Å². The summed E-state index contributed by atoms with van der Waals surface area (Å²) in [4.78, 5) is 5.72. The summed E-state index contributed by atoms with van der Waals surface area (Å²) in [7, 11) is 1.90. The highest BCUT2D eigenvalue weighted by molar-refractivity contribution is 5.53. The highest BCUT2D eigenvalue weighted by Crippen LogP contribution is 2.31. The van der Waals surface area contributed by atoms with Gasteiger partial charge in [0.25, 0.3) is 0 Å². The Morgan fingerprint density at radius 3 is 2.67 bits per heavy atom. The second-order valence-electron chi connectivity index (χ2n) is 4.61. The lowest BCUT2D eigenvalue weighted by Crippen LogP contribution is -2.13. The van der Waals surface area contributed by atoms with Crippen molar-refractivity contribution < 1.29 is 13.2 Å². The Kier molecular flexibility index (Phi) is 2.19.